The number of carbonyl (C=O) groups is 1. The van der Waals surface area contributed by atoms with E-state index in [4.69, 9.17) is 23.2 Å². The Bertz CT molecular complexity index is 967. The van der Waals surface area contributed by atoms with Gasteiger partial charge < -0.3 is 9.83 Å². The lowest BCUT2D eigenvalue weighted by atomic mass is 10.0. The van der Waals surface area contributed by atoms with Crippen LogP contribution in [-0.4, -0.2) is 11.1 Å². The van der Waals surface area contributed by atoms with Crippen molar-refractivity contribution in [1.82, 2.24) is 0 Å². The number of hydrogen-bond donors (Lipinski definition) is 2. The first-order valence-corrected chi connectivity index (χ1v) is 9.03. The number of anilines is 1. The van der Waals surface area contributed by atoms with Crippen molar-refractivity contribution in [3.05, 3.63) is 82.1 Å². The summed E-state index contributed by atoms with van der Waals surface area (Å²) in [6.07, 6.45) is 0. The molecule has 2 N–H and O–H groups in total. The van der Waals surface area contributed by atoms with Crippen molar-refractivity contribution >= 4 is 46.8 Å². The first kappa shape index (κ1) is 18.6. The third kappa shape index (κ3) is 4.12. The van der Waals surface area contributed by atoms with Gasteiger partial charge in [-0.2, -0.15) is 0 Å². The molecule has 0 atom stereocenters. The maximum atomic E-state index is 14.1. The van der Waals surface area contributed by atoms with Gasteiger partial charge in [0.15, 0.2) is 5.82 Å². The molecule has 3 aromatic rings. The van der Waals surface area contributed by atoms with E-state index < -0.39 is 11.8 Å². The minimum Gasteiger partial charge on any atom is -0.478 e. The molecular formula is C19H12Cl2FNO2S. The molecule has 26 heavy (non-hydrogen) atoms. The average Bonchev–Trinajstić information content (AvgIpc) is 2.63. The van der Waals surface area contributed by atoms with Crippen molar-refractivity contribution in [2.45, 2.75) is 4.90 Å². The average molecular weight is 408 g/mol. The molecule has 3 nitrogen and oxygen atoms in total. The molecule has 0 fully saturated rings. The van der Waals surface area contributed by atoms with E-state index in [2.05, 4.69) is 4.72 Å². The maximum absolute atomic E-state index is 14.1. The summed E-state index contributed by atoms with van der Waals surface area (Å²) in [5.41, 5.74) is 2.20. The summed E-state index contributed by atoms with van der Waals surface area (Å²) >= 11 is 12.6. The van der Waals surface area contributed by atoms with Crippen LogP contribution in [0.15, 0.2) is 65.6 Å². The van der Waals surface area contributed by atoms with Crippen molar-refractivity contribution in [1.29, 1.82) is 0 Å². The van der Waals surface area contributed by atoms with E-state index in [1.54, 1.807) is 12.1 Å². The molecule has 3 rings (SSSR count). The van der Waals surface area contributed by atoms with Gasteiger partial charge in [0.05, 0.1) is 21.2 Å². The quantitative estimate of drug-likeness (QED) is 0.368. The highest BCUT2D eigenvalue weighted by atomic mass is 35.5. The molecule has 0 unspecified atom stereocenters. The number of aromatic carboxylic acids is 1. The van der Waals surface area contributed by atoms with Crippen LogP contribution in [0, 0.1) is 5.82 Å². The number of carboxylic acids is 1. The Hall–Kier alpha value is -2.21. The van der Waals surface area contributed by atoms with Gasteiger partial charge in [0.1, 0.15) is 0 Å². The van der Waals surface area contributed by atoms with Gasteiger partial charge >= 0.3 is 5.97 Å². The van der Waals surface area contributed by atoms with Crippen LogP contribution in [0.25, 0.3) is 11.1 Å². The molecule has 3 aromatic carbocycles. The van der Waals surface area contributed by atoms with Crippen LogP contribution in [0.3, 0.4) is 0 Å². The molecular weight excluding hydrogens is 396 g/mol. The first-order chi connectivity index (χ1) is 12.5. The lowest BCUT2D eigenvalue weighted by molar-refractivity contribution is 0.0698. The second-order valence-electron chi connectivity index (χ2n) is 5.34. The molecule has 0 amide bonds. The van der Waals surface area contributed by atoms with Crippen LogP contribution >= 0.6 is 35.1 Å². The van der Waals surface area contributed by atoms with Gasteiger partial charge in [-0.3, -0.25) is 0 Å². The van der Waals surface area contributed by atoms with Gasteiger partial charge in [-0.05, 0) is 47.3 Å². The highest BCUT2D eigenvalue weighted by Gasteiger charge is 2.14. The fourth-order valence-electron chi connectivity index (χ4n) is 2.34. The smallest absolute Gasteiger partial charge is 0.337 e. The van der Waals surface area contributed by atoms with E-state index in [0.717, 1.165) is 23.1 Å². The maximum Gasteiger partial charge on any atom is 0.337 e. The van der Waals surface area contributed by atoms with Gasteiger partial charge in [0, 0.05) is 5.02 Å². The van der Waals surface area contributed by atoms with E-state index in [1.165, 1.54) is 18.2 Å². The van der Waals surface area contributed by atoms with Crippen molar-refractivity contribution in [3.8, 4) is 11.1 Å². The molecule has 0 spiro atoms. The number of benzene rings is 3. The summed E-state index contributed by atoms with van der Waals surface area (Å²) in [6.45, 7) is 0. The number of nitrogens with one attached hydrogen (secondary N) is 1. The van der Waals surface area contributed by atoms with Gasteiger partial charge in [0.2, 0.25) is 0 Å². The summed E-state index contributed by atoms with van der Waals surface area (Å²) in [6, 6.07) is 17.2. The zero-order chi connectivity index (χ0) is 18.7. The lowest BCUT2D eigenvalue weighted by Crippen LogP contribution is -2.02. The van der Waals surface area contributed by atoms with Crippen LogP contribution in [0.1, 0.15) is 10.4 Å². The van der Waals surface area contributed by atoms with E-state index in [0.29, 0.717) is 5.69 Å². The molecule has 0 saturated heterocycles. The fourth-order valence-corrected chi connectivity index (χ4v) is 3.73. The van der Waals surface area contributed by atoms with Gasteiger partial charge in [0.25, 0.3) is 0 Å². The van der Waals surface area contributed by atoms with Gasteiger partial charge in [-0.15, -0.1) is 0 Å². The Labute approximate surface area is 163 Å². The monoisotopic (exact) mass is 407 g/mol. The number of hydrogen-bond acceptors (Lipinski definition) is 3. The topological polar surface area (TPSA) is 49.3 Å². The van der Waals surface area contributed by atoms with Crippen LogP contribution in [-0.2, 0) is 0 Å². The Morgan fingerprint density at radius 1 is 1.00 bits per heavy atom. The summed E-state index contributed by atoms with van der Waals surface area (Å²) in [5, 5.41) is 9.59. The molecule has 0 aliphatic heterocycles. The summed E-state index contributed by atoms with van der Waals surface area (Å²) in [5.74, 6) is -1.71. The van der Waals surface area contributed by atoms with Crippen molar-refractivity contribution < 1.29 is 14.3 Å². The van der Waals surface area contributed by atoms with E-state index >= 15 is 0 Å². The third-order valence-corrected chi connectivity index (χ3v) is 4.92. The fraction of sp³-hybridized carbons (Fsp3) is 0. The molecule has 0 aromatic heterocycles. The predicted molar refractivity (Wildman–Crippen MR) is 105 cm³/mol. The highest BCUT2D eigenvalue weighted by Crippen LogP contribution is 2.33. The summed E-state index contributed by atoms with van der Waals surface area (Å²) in [7, 11) is 0. The minimum absolute atomic E-state index is 0.0747. The second kappa shape index (κ2) is 7.99. The van der Waals surface area contributed by atoms with E-state index in [9.17, 15) is 14.3 Å². The van der Waals surface area contributed by atoms with Crippen molar-refractivity contribution in [2.24, 2.45) is 0 Å². The Morgan fingerprint density at radius 2 is 1.73 bits per heavy atom. The molecule has 0 aliphatic rings. The summed E-state index contributed by atoms with van der Waals surface area (Å²) in [4.78, 5) is 11.7. The number of rotatable bonds is 5. The SMILES string of the molecule is O=C(O)c1ccc(-c2ccccc2)cc1NSc1cc(Cl)cc(Cl)c1F. The second-order valence-corrected chi connectivity index (χ2v) is 7.03. The lowest BCUT2D eigenvalue weighted by Gasteiger charge is -2.12. The zero-order valence-electron chi connectivity index (χ0n) is 13.2. The number of carboxylic acid groups (broad SMARTS) is 1. The van der Waals surface area contributed by atoms with Gasteiger partial charge in [-0.25, -0.2) is 9.18 Å². The predicted octanol–water partition coefficient (Wildman–Crippen LogP) is 6.62. The Balaban J connectivity index is 1.94. The molecule has 0 bridgehead atoms. The molecule has 0 saturated carbocycles. The van der Waals surface area contributed by atoms with Crippen LogP contribution in [0.5, 0.6) is 0 Å². The largest absolute Gasteiger partial charge is 0.478 e. The summed E-state index contributed by atoms with van der Waals surface area (Å²) < 4.78 is 17.0. The molecule has 0 aliphatic carbocycles. The minimum atomic E-state index is -1.09. The zero-order valence-corrected chi connectivity index (χ0v) is 15.5. The van der Waals surface area contributed by atoms with Crippen molar-refractivity contribution in [3.63, 3.8) is 0 Å². The first-order valence-electron chi connectivity index (χ1n) is 7.46. The van der Waals surface area contributed by atoms with E-state index in [-0.39, 0.29) is 20.5 Å². The van der Waals surface area contributed by atoms with Crippen molar-refractivity contribution in [2.75, 3.05) is 4.72 Å². The molecule has 0 heterocycles. The van der Waals surface area contributed by atoms with Gasteiger partial charge in [-0.1, -0.05) is 59.6 Å². The standard InChI is InChI=1S/C19H12Cl2FNO2S/c20-13-9-15(21)18(22)17(10-13)26-23-16-8-12(6-7-14(16)19(24)25)11-4-2-1-3-5-11/h1-10,23H,(H,24,25). The molecule has 132 valence electrons. The highest BCUT2D eigenvalue weighted by molar-refractivity contribution is 8.00. The van der Waals surface area contributed by atoms with Crippen LogP contribution in [0.2, 0.25) is 10.0 Å². The Kier molecular flexibility index (Phi) is 5.71. The van der Waals surface area contributed by atoms with Crippen LogP contribution < -0.4 is 4.72 Å². The molecule has 0 radical (unpaired) electrons. The normalized spacial score (nSPS) is 10.6. The Morgan fingerprint density at radius 3 is 2.42 bits per heavy atom. The number of halogens is 3. The van der Waals surface area contributed by atoms with E-state index in [1.807, 2.05) is 30.3 Å². The van der Waals surface area contributed by atoms with Crippen LogP contribution in [0.4, 0.5) is 10.1 Å². The molecule has 7 heteroatoms. The third-order valence-electron chi connectivity index (χ3n) is 3.59.